The van der Waals surface area contributed by atoms with E-state index in [0.29, 0.717) is 16.4 Å². The maximum Gasteiger partial charge on any atom is 0.325 e. The first kappa shape index (κ1) is 15.5. The van der Waals surface area contributed by atoms with Crippen molar-refractivity contribution in [3.8, 4) is 0 Å². The summed E-state index contributed by atoms with van der Waals surface area (Å²) in [5.41, 5.74) is 0.451. The van der Waals surface area contributed by atoms with E-state index < -0.39 is 12.0 Å². The molecule has 2 heterocycles. The van der Waals surface area contributed by atoms with E-state index in [1.54, 1.807) is 11.6 Å². The van der Waals surface area contributed by atoms with Crippen LogP contribution in [0.25, 0.3) is 4.96 Å². The van der Waals surface area contributed by atoms with Crippen LogP contribution in [-0.4, -0.2) is 38.2 Å². The molecular formula is C12H13N3O4S2. The van der Waals surface area contributed by atoms with Gasteiger partial charge in [0.15, 0.2) is 4.96 Å². The van der Waals surface area contributed by atoms with Gasteiger partial charge in [-0.05, 0) is 6.92 Å². The van der Waals surface area contributed by atoms with Gasteiger partial charge in [0.1, 0.15) is 6.04 Å². The molecule has 2 aromatic rings. The summed E-state index contributed by atoms with van der Waals surface area (Å²) in [5.74, 6) is -0.906. The Kier molecular flexibility index (Phi) is 4.97. The lowest BCUT2D eigenvalue weighted by atomic mass is 10.3. The lowest BCUT2D eigenvalue weighted by Crippen LogP contribution is -2.39. The molecule has 0 saturated carbocycles. The molecule has 0 fully saturated rings. The molecule has 0 aliphatic heterocycles. The molecule has 0 aliphatic carbocycles. The van der Waals surface area contributed by atoms with Crippen LogP contribution in [0, 0.1) is 0 Å². The smallest absolute Gasteiger partial charge is 0.325 e. The molecule has 2 rings (SSSR count). The molecule has 0 saturated heterocycles. The van der Waals surface area contributed by atoms with Gasteiger partial charge >= 0.3 is 5.97 Å². The van der Waals surface area contributed by atoms with Gasteiger partial charge in [-0.25, -0.2) is 4.98 Å². The Labute approximate surface area is 128 Å². The zero-order valence-electron chi connectivity index (χ0n) is 11.1. The molecule has 1 amide bonds. The standard InChI is InChI=1S/C12H13N3O4S2/c1-7(11(18)19)13-9(16)6-20-5-8-4-10(17)15-2-3-21-12(15)14-8/h2-4,7H,5-6H2,1H3,(H,13,16)(H,18,19)/t7-/m1/s1. The van der Waals surface area contributed by atoms with Crippen molar-refractivity contribution >= 4 is 39.9 Å². The normalized spacial score (nSPS) is 12.2. The molecule has 0 bridgehead atoms. The lowest BCUT2D eigenvalue weighted by molar-refractivity contribution is -0.140. The SMILES string of the molecule is C[C@@H](NC(=O)CSCc1cc(=O)n2ccsc2n1)C(=O)O. The van der Waals surface area contributed by atoms with Crippen LogP contribution < -0.4 is 10.9 Å². The minimum Gasteiger partial charge on any atom is -0.480 e. The zero-order valence-corrected chi connectivity index (χ0v) is 12.7. The van der Waals surface area contributed by atoms with Gasteiger partial charge in [0.25, 0.3) is 5.56 Å². The van der Waals surface area contributed by atoms with Crippen LogP contribution in [0.4, 0.5) is 0 Å². The van der Waals surface area contributed by atoms with E-state index in [2.05, 4.69) is 10.3 Å². The van der Waals surface area contributed by atoms with Crippen molar-refractivity contribution in [3.05, 3.63) is 33.7 Å². The molecule has 0 aliphatic rings. The van der Waals surface area contributed by atoms with E-state index in [9.17, 15) is 14.4 Å². The van der Waals surface area contributed by atoms with Gasteiger partial charge in [0.2, 0.25) is 5.91 Å². The average Bonchev–Trinajstić information content (AvgIpc) is 2.87. The fraction of sp³-hybridized carbons (Fsp3) is 0.333. The minimum absolute atomic E-state index is 0.114. The first-order valence-corrected chi connectivity index (χ1v) is 8.06. The number of aliphatic carboxylic acids is 1. The molecule has 0 aromatic carbocycles. The highest BCUT2D eigenvalue weighted by molar-refractivity contribution is 7.99. The second-order valence-corrected chi connectivity index (χ2v) is 6.12. The van der Waals surface area contributed by atoms with Gasteiger partial charge in [-0.3, -0.25) is 18.8 Å². The van der Waals surface area contributed by atoms with E-state index in [-0.39, 0.29) is 17.2 Å². The summed E-state index contributed by atoms with van der Waals surface area (Å²) < 4.78 is 1.46. The molecule has 9 heteroatoms. The molecule has 2 aromatic heterocycles. The van der Waals surface area contributed by atoms with Crippen LogP contribution in [0.15, 0.2) is 22.4 Å². The Morgan fingerprint density at radius 2 is 2.33 bits per heavy atom. The molecule has 21 heavy (non-hydrogen) atoms. The van der Waals surface area contributed by atoms with E-state index in [4.69, 9.17) is 5.11 Å². The number of nitrogens with zero attached hydrogens (tertiary/aromatic N) is 2. The fourth-order valence-corrected chi connectivity index (χ4v) is 3.02. The number of carboxylic acids is 1. The van der Waals surface area contributed by atoms with Crippen molar-refractivity contribution in [2.75, 3.05) is 5.75 Å². The Balaban J connectivity index is 1.89. The van der Waals surface area contributed by atoms with Crippen molar-refractivity contribution < 1.29 is 14.7 Å². The lowest BCUT2D eigenvalue weighted by Gasteiger charge is -2.08. The number of thioether (sulfide) groups is 1. The summed E-state index contributed by atoms with van der Waals surface area (Å²) in [7, 11) is 0. The topological polar surface area (TPSA) is 101 Å². The predicted octanol–water partition coefficient (Wildman–Crippen LogP) is 0.578. The largest absolute Gasteiger partial charge is 0.480 e. The fourth-order valence-electron chi connectivity index (χ4n) is 1.55. The molecule has 0 radical (unpaired) electrons. The van der Waals surface area contributed by atoms with Crippen molar-refractivity contribution in [3.63, 3.8) is 0 Å². The van der Waals surface area contributed by atoms with Gasteiger partial charge < -0.3 is 10.4 Å². The molecule has 1 atom stereocenters. The van der Waals surface area contributed by atoms with Crippen molar-refractivity contribution in [1.82, 2.24) is 14.7 Å². The highest BCUT2D eigenvalue weighted by atomic mass is 32.2. The third kappa shape index (κ3) is 4.05. The van der Waals surface area contributed by atoms with Crippen LogP contribution in [0.2, 0.25) is 0 Å². The number of carbonyl (C=O) groups is 2. The first-order valence-electron chi connectivity index (χ1n) is 6.03. The Morgan fingerprint density at radius 1 is 1.57 bits per heavy atom. The maximum absolute atomic E-state index is 11.8. The maximum atomic E-state index is 11.8. The van der Waals surface area contributed by atoms with Gasteiger partial charge in [0, 0.05) is 23.4 Å². The van der Waals surface area contributed by atoms with Crippen molar-refractivity contribution in [1.29, 1.82) is 0 Å². The summed E-state index contributed by atoms with van der Waals surface area (Å²) in [5, 5.41) is 12.8. The third-order valence-corrected chi connectivity index (χ3v) is 4.31. The number of thiazole rings is 1. The van der Waals surface area contributed by atoms with E-state index in [0.717, 1.165) is 0 Å². The van der Waals surface area contributed by atoms with Crippen LogP contribution in [0.1, 0.15) is 12.6 Å². The van der Waals surface area contributed by atoms with Crippen LogP contribution in [-0.2, 0) is 15.3 Å². The van der Waals surface area contributed by atoms with Crippen molar-refractivity contribution in [2.45, 2.75) is 18.7 Å². The Bertz CT molecular complexity index is 725. The number of rotatable bonds is 6. The number of amides is 1. The Morgan fingerprint density at radius 3 is 3.05 bits per heavy atom. The van der Waals surface area contributed by atoms with Gasteiger partial charge in [-0.2, -0.15) is 0 Å². The second kappa shape index (κ2) is 6.72. The molecule has 112 valence electrons. The second-order valence-electron chi connectivity index (χ2n) is 4.26. The number of carbonyl (C=O) groups excluding carboxylic acids is 1. The van der Waals surface area contributed by atoms with Crippen LogP contribution >= 0.6 is 23.1 Å². The van der Waals surface area contributed by atoms with Crippen LogP contribution in [0.3, 0.4) is 0 Å². The summed E-state index contributed by atoms with van der Waals surface area (Å²) in [6, 6.07) is 0.521. The summed E-state index contributed by atoms with van der Waals surface area (Å²) in [6.45, 7) is 1.40. The summed E-state index contributed by atoms with van der Waals surface area (Å²) in [6.07, 6.45) is 1.66. The number of fused-ring (bicyclic) bond motifs is 1. The Hall–Kier alpha value is -1.87. The number of nitrogens with one attached hydrogen (secondary N) is 1. The van der Waals surface area contributed by atoms with Gasteiger partial charge in [-0.1, -0.05) is 0 Å². The molecule has 0 spiro atoms. The molecule has 0 unspecified atom stereocenters. The average molecular weight is 327 g/mol. The molecule has 2 N–H and O–H groups in total. The summed E-state index contributed by atoms with van der Waals surface area (Å²) in [4.78, 5) is 38.8. The number of carboxylic acid groups (broad SMARTS) is 1. The van der Waals surface area contributed by atoms with Crippen LogP contribution in [0.5, 0.6) is 0 Å². The monoisotopic (exact) mass is 327 g/mol. The van der Waals surface area contributed by atoms with E-state index in [1.165, 1.54) is 40.5 Å². The number of hydrogen-bond acceptors (Lipinski definition) is 6. The first-order chi connectivity index (χ1) is 9.97. The molecular weight excluding hydrogens is 314 g/mol. The summed E-state index contributed by atoms with van der Waals surface area (Å²) >= 11 is 2.64. The van der Waals surface area contributed by atoms with E-state index >= 15 is 0 Å². The number of aromatic nitrogens is 2. The number of hydrogen-bond donors (Lipinski definition) is 2. The highest BCUT2D eigenvalue weighted by Crippen LogP contribution is 2.12. The quantitative estimate of drug-likeness (QED) is 0.805. The predicted molar refractivity (Wildman–Crippen MR) is 80.7 cm³/mol. The zero-order chi connectivity index (χ0) is 15.4. The molecule has 7 nitrogen and oxygen atoms in total. The highest BCUT2D eigenvalue weighted by Gasteiger charge is 2.13. The third-order valence-electron chi connectivity index (χ3n) is 2.59. The van der Waals surface area contributed by atoms with Gasteiger partial charge in [0.05, 0.1) is 11.4 Å². The van der Waals surface area contributed by atoms with Gasteiger partial charge in [-0.15, -0.1) is 23.1 Å². The van der Waals surface area contributed by atoms with E-state index in [1.807, 2.05) is 0 Å². The van der Waals surface area contributed by atoms with Crippen molar-refractivity contribution in [2.24, 2.45) is 0 Å². The minimum atomic E-state index is -1.08.